The molecule has 2 N–H and O–H groups in total. The second-order valence-corrected chi connectivity index (χ2v) is 5.59. The van der Waals surface area contributed by atoms with Crippen LogP contribution in [0.2, 0.25) is 0 Å². The summed E-state index contributed by atoms with van der Waals surface area (Å²) >= 11 is 3.25. The van der Waals surface area contributed by atoms with Crippen molar-refractivity contribution >= 4 is 28.1 Å². The number of carbonyl (C=O) groups excluding carboxylic acids is 1. The van der Waals surface area contributed by atoms with E-state index in [0.717, 1.165) is 5.56 Å². The van der Waals surface area contributed by atoms with Crippen LogP contribution in [-0.2, 0) is 11.2 Å². The summed E-state index contributed by atoms with van der Waals surface area (Å²) in [7, 11) is 0. The lowest BCUT2D eigenvalue weighted by Crippen LogP contribution is -2.19. The molecule has 0 aromatic heterocycles. The maximum atomic E-state index is 11.8. The number of hydrazone groups is 1. The van der Waals surface area contributed by atoms with E-state index in [9.17, 15) is 9.90 Å². The van der Waals surface area contributed by atoms with Crippen molar-refractivity contribution in [2.75, 3.05) is 6.61 Å². The number of hydrogen-bond donors (Lipinski definition) is 2. The van der Waals surface area contributed by atoms with E-state index in [1.54, 1.807) is 12.1 Å². The van der Waals surface area contributed by atoms with Gasteiger partial charge in [0.05, 0.1) is 23.7 Å². The average Bonchev–Trinajstić information content (AvgIpc) is 2.53. The topological polar surface area (TPSA) is 70.9 Å². The number of benzene rings is 2. The smallest absolute Gasteiger partial charge is 0.244 e. The van der Waals surface area contributed by atoms with E-state index in [1.165, 1.54) is 6.21 Å². The van der Waals surface area contributed by atoms with Crippen molar-refractivity contribution < 1.29 is 14.6 Å². The Morgan fingerprint density at radius 3 is 2.78 bits per heavy atom. The van der Waals surface area contributed by atoms with E-state index in [1.807, 2.05) is 37.3 Å². The normalized spacial score (nSPS) is 10.7. The van der Waals surface area contributed by atoms with E-state index in [2.05, 4.69) is 26.5 Å². The number of phenols is 1. The first-order chi connectivity index (χ1) is 11.1. The second-order valence-electron chi connectivity index (χ2n) is 4.74. The van der Waals surface area contributed by atoms with E-state index in [4.69, 9.17) is 4.74 Å². The number of nitrogens with one attached hydrogen (secondary N) is 1. The molecule has 0 unspecified atom stereocenters. The van der Waals surface area contributed by atoms with Gasteiger partial charge < -0.3 is 9.84 Å². The van der Waals surface area contributed by atoms with Crippen LogP contribution < -0.4 is 10.2 Å². The molecule has 0 fully saturated rings. The van der Waals surface area contributed by atoms with Gasteiger partial charge in [-0.1, -0.05) is 30.3 Å². The highest BCUT2D eigenvalue weighted by molar-refractivity contribution is 9.10. The molecule has 23 heavy (non-hydrogen) atoms. The van der Waals surface area contributed by atoms with Crippen molar-refractivity contribution in [2.45, 2.75) is 13.3 Å². The Bertz CT molecular complexity index is 702. The molecular formula is C17H17BrN2O3. The van der Waals surface area contributed by atoms with Gasteiger partial charge >= 0.3 is 0 Å². The first-order valence-electron chi connectivity index (χ1n) is 7.11. The van der Waals surface area contributed by atoms with Crippen LogP contribution in [0.25, 0.3) is 0 Å². The van der Waals surface area contributed by atoms with Crippen LogP contribution in [0.15, 0.2) is 52.0 Å². The zero-order valence-corrected chi connectivity index (χ0v) is 14.2. The molecule has 0 saturated carbocycles. The van der Waals surface area contributed by atoms with E-state index in [0.29, 0.717) is 22.4 Å². The minimum Gasteiger partial charge on any atom is -0.503 e. The molecule has 6 heteroatoms. The fourth-order valence-electron chi connectivity index (χ4n) is 1.93. The van der Waals surface area contributed by atoms with Gasteiger partial charge in [-0.2, -0.15) is 5.10 Å². The summed E-state index contributed by atoms with van der Waals surface area (Å²) in [4.78, 5) is 11.8. The molecule has 2 aromatic carbocycles. The lowest BCUT2D eigenvalue weighted by Gasteiger charge is -2.08. The van der Waals surface area contributed by atoms with Crippen LogP contribution in [0, 0.1) is 0 Å². The van der Waals surface area contributed by atoms with Gasteiger partial charge in [0.25, 0.3) is 0 Å². The molecule has 1 amide bonds. The number of hydrogen-bond acceptors (Lipinski definition) is 4. The van der Waals surface area contributed by atoms with Crippen LogP contribution in [0.3, 0.4) is 0 Å². The maximum absolute atomic E-state index is 11.8. The predicted molar refractivity (Wildman–Crippen MR) is 92.9 cm³/mol. The quantitative estimate of drug-likeness (QED) is 0.600. The Labute approximate surface area is 143 Å². The fraction of sp³-hybridized carbons (Fsp3) is 0.176. The first-order valence-corrected chi connectivity index (χ1v) is 7.90. The van der Waals surface area contributed by atoms with E-state index in [-0.39, 0.29) is 18.1 Å². The molecule has 0 atom stereocenters. The Hall–Kier alpha value is -2.34. The summed E-state index contributed by atoms with van der Waals surface area (Å²) in [6, 6.07) is 12.8. The molecule has 0 heterocycles. The van der Waals surface area contributed by atoms with Crippen LogP contribution >= 0.6 is 15.9 Å². The third kappa shape index (κ3) is 5.10. The molecule has 0 aliphatic heterocycles. The Morgan fingerprint density at radius 1 is 1.35 bits per heavy atom. The summed E-state index contributed by atoms with van der Waals surface area (Å²) in [5.41, 5.74) is 4.09. The number of aromatic hydroxyl groups is 1. The van der Waals surface area contributed by atoms with Gasteiger partial charge in [-0.3, -0.25) is 4.79 Å². The summed E-state index contributed by atoms with van der Waals surface area (Å²) in [6.45, 7) is 2.27. The molecule has 2 aromatic rings. The average molecular weight is 377 g/mol. The number of amides is 1. The van der Waals surface area contributed by atoms with E-state index < -0.39 is 0 Å². The number of ether oxygens (including phenoxy) is 1. The summed E-state index contributed by atoms with van der Waals surface area (Å²) in [5.74, 6) is 0.200. The molecular weight excluding hydrogens is 360 g/mol. The molecule has 0 aliphatic rings. The van der Waals surface area contributed by atoms with Crippen molar-refractivity contribution in [3.63, 3.8) is 0 Å². The minimum absolute atomic E-state index is 0.0390. The molecule has 0 radical (unpaired) electrons. The third-order valence-electron chi connectivity index (χ3n) is 2.96. The molecule has 0 bridgehead atoms. The van der Waals surface area contributed by atoms with Gasteiger partial charge in [0.2, 0.25) is 5.91 Å². The molecule has 2 rings (SSSR count). The number of phenolic OH excluding ortho intramolecular Hbond substituents is 1. The monoisotopic (exact) mass is 376 g/mol. The fourth-order valence-corrected chi connectivity index (χ4v) is 2.39. The van der Waals surface area contributed by atoms with Crippen molar-refractivity contribution in [3.8, 4) is 11.5 Å². The first kappa shape index (κ1) is 17.0. The lowest BCUT2D eigenvalue weighted by atomic mass is 10.1. The van der Waals surface area contributed by atoms with Crippen molar-refractivity contribution in [1.82, 2.24) is 5.43 Å². The van der Waals surface area contributed by atoms with Gasteiger partial charge in [0, 0.05) is 0 Å². The number of halogens is 1. The molecule has 0 aliphatic carbocycles. The van der Waals surface area contributed by atoms with Gasteiger partial charge in [0.1, 0.15) is 0 Å². The van der Waals surface area contributed by atoms with Crippen molar-refractivity contribution in [3.05, 3.63) is 58.1 Å². The molecule has 0 spiro atoms. The van der Waals surface area contributed by atoms with Gasteiger partial charge in [-0.05, 0) is 46.1 Å². The predicted octanol–water partition coefficient (Wildman–Crippen LogP) is 3.25. The largest absolute Gasteiger partial charge is 0.503 e. The van der Waals surface area contributed by atoms with Crippen LogP contribution in [-0.4, -0.2) is 23.8 Å². The Kier molecular flexibility index (Phi) is 6.17. The molecule has 0 saturated heterocycles. The Morgan fingerprint density at radius 2 is 2.09 bits per heavy atom. The molecule has 5 nitrogen and oxygen atoms in total. The number of nitrogens with zero attached hydrogens (tertiary/aromatic N) is 1. The van der Waals surface area contributed by atoms with Crippen molar-refractivity contribution in [1.29, 1.82) is 0 Å². The number of carbonyl (C=O) groups is 1. The standard InChI is InChI=1S/C17H17BrN2O3/c1-2-23-15-9-13(8-14(18)17(15)22)11-19-20-16(21)10-12-6-4-3-5-7-12/h3-9,11,22H,2,10H2,1H3,(H,20,21)/b19-11+. The van der Waals surface area contributed by atoms with E-state index >= 15 is 0 Å². The van der Waals surface area contributed by atoms with Gasteiger partial charge in [-0.15, -0.1) is 0 Å². The van der Waals surface area contributed by atoms with Crippen LogP contribution in [0.5, 0.6) is 11.5 Å². The Balaban J connectivity index is 1.99. The van der Waals surface area contributed by atoms with Crippen LogP contribution in [0.4, 0.5) is 0 Å². The van der Waals surface area contributed by atoms with Gasteiger partial charge in [-0.25, -0.2) is 5.43 Å². The van der Waals surface area contributed by atoms with Gasteiger partial charge in [0.15, 0.2) is 11.5 Å². The second kappa shape index (κ2) is 8.33. The zero-order chi connectivity index (χ0) is 16.7. The summed E-state index contributed by atoms with van der Waals surface area (Å²) in [6.07, 6.45) is 1.76. The van der Waals surface area contributed by atoms with Crippen LogP contribution in [0.1, 0.15) is 18.1 Å². The maximum Gasteiger partial charge on any atom is 0.244 e. The molecule has 120 valence electrons. The summed E-state index contributed by atoms with van der Waals surface area (Å²) < 4.78 is 5.84. The minimum atomic E-state index is -0.199. The SMILES string of the molecule is CCOc1cc(/C=N/NC(=O)Cc2ccccc2)cc(Br)c1O. The summed E-state index contributed by atoms with van der Waals surface area (Å²) in [5, 5.41) is 13.8. The highest BCUT2D eigenvalue weighted by atomic mass is 79.9. The number of rotatable bonds is 6. The van der Waals surface area contributed by atoms with Crippen molar-refractivity contribution in [2.24, 2.45) is 5.10 Å². The highest BCUT2D eigenvalue weighted by Crippen LogP contribution is 2.34. The third-order valence-corrected chi connectivity index (χ3v) is 3.57. The zero-order valence-electron chi connectivity index (χ0n) is 12.6. The highest BCUT2D eigenvalue weighted by Gasteiger charge is 2.08. The lowest BCUT2D eigenvalue weighted by molar-refractivity contribution is -0.120.